The van der Waals surface area contributed by atoms with E-state index >= 15 is 0 Å². The summed E-state index contributed by atoms with van der Waals surface area (Å²) < 4.78 is 5.14. The first-order valence-corrected chi connectivity index (χ1v) is 5.86. The van der Waals surface area contributed by atoms with Crippen LogP contribution in [0.3, 0.4) is 0 Å². The lowest BCUT2D eigenvalue weighted by atomic mass is 9.95. The number of likely N-dealkylation sites (tertiary alicyclic amines) is 1. The van der Waals surface area contributed by atoms with Crippen molar-refractivity contribution in [1.82, 2.24) is 9.80 Å². The van der Waals surface area contributed by atoms with Gasteiger partial charge in [-0.2, -0.15) is 0 Å². The molecular formula is C11H22N4O. The Balaban J connectivity index is 2.10. The van der Waals surface area contributed by atoms with Gasteiger partial charge in [0.25, 0.3) is 0 Å². The van der Waals surface area contributed by atoms with Gasteiger partial charge in [-0.1, -0.05) is 0 Å². The summed E-state index contributed by atoms with van der Waals surface area (Å²) in [6.07, 6.45) is 1.14. The number of hydrogen-bond acceptors (Lipinski definition) is 5. The smallest absolute Gasteiger partial charge is 0.191 e. The van der Waals surface area contributed by atoms with Crippen molar-refractivity contribution in [2.45, 2.75) is 24.9 Å². The molecule has 2 N–H and O–H groups in total. The lowest BCUT2D eigenvalue weighted by molar-refractivity contribution is 0.132. The second kappa shape index (κ2) is 4.22. The maximum absolute atomic E-state index is 5.97. The van der Waals surface area contributed by atoms with Gasteiger partial charge < -0.3 is 20.3 Å². The van der Waals surface area contributed by atoms with Crippen LogP contribution in [0.5, 0.6) is 0 Å². The summed E-state index contributed by atoms with van der Waals surface area (Å²) in [6.45, 7) is 5.68. The van der Waals surface area contributed by atoms with Crippen LogP contribution in [-0.2, 0) is 4.74 Å². The van der Waals surface area contributed by atoms with E-state index in [1.54, 1.807) is 7.11 Å². The minimum Gasteiger partial charge on any atom is -0.383 e. The van der Waals surface area contributed by atoms with Crippen molar-refractivity contribution in [2.24, 2.45) is 10.7 Å². The third-order valence-electron chi connectivity index (χ3n) is 3.88. The third-order valence-corrected chi connectivity index (χ3v) is 3.88. The van der Waals surface area contributed by atoms with Gasteiger partial charge in [0.05, 0.1) is 18.7 Å². The van der Waals surface area contributed by atoms with Crippen LogP contribution < -0.4 is 5.73 Å². The second-order valence-electron chi connectivity index (χ2n) is 5.01. The highest BCUT2D eigenvalue weighted by Gasteiger charge is 2.48. The maximum atomic E-state index is 5.97. The molecule has 0 amide bonds. The van der Waals surface area contributed by atoms with Crippen molar-refractivity contribution in [3.05, 3.63) is 0 Å². The molecule has 0 aromatic rings. The molecule has 1 spiro atoms. The Bertz CT molecular complexity index is 282. The van der Waals surface area contributed by atoms with Gasteiger partial charge in [-0.25, -0.2) is 0 Å². The predicted molar refractivity (Wildman–Crippen MR) is 64.5 cm³/mol. The molecular weight excluding hydrogens is 204 g/mol. The fraction of sp³-hybridized carbons (Fsp3) is 0.909. The van der Waals surface area contributed by atoms with E-state index in [-0.39, 0.29) is 5.54 Å². The first kappa shape index (κ1) is 11.7. The number of rotatable bonds is 3. The molecule has 0 bridgehead atoms. The van der Waals surface area contributed by atoms with E-state index in [0.29, 0.717) is 18.6 Å². The Hall–Kier alpha value is -0.810. The normalized spacial score (nSPS) is 35.1. The van der Waals surface area contributed by atoms with Crippen LogP contribution in [0.2, 0.25) is 0 Å². The number of methoxy groups -OCH3 is 1. The standard InChI is InChI=1S/C11H22N4O/c1-9-6-11(8-14(9)2)7-13-10(12)15(11)4-5-16-3/h9H,4-8H2,1-3H3,(H2,12,13). The Morgan fingerprint density at radius 2 is 2.38 bits per heavy atom. The summed E-state index contributed by atoms with van der Waals surface area (Å²) >= 11 is 0. The van der Waals surface area contributed by atoms with Crippen molar-refractivity contribution in [1.29, 1.82) is 0 Å². The topological polar surface area (TPSA) is 54.1 Å². The fourth-order valence-corrected chi connectivity index (χ4v) is 2.88. The second-order valence-corrected chi connectivity index (χ2v) is 5.01. The van der Waals surface area contributed by atoms with Gasteiger partial charge in [-0.15, -0.1) is 0 Å². The molecule has 1 fully saturated rings. The number of guanidine groups is 1. The Morgan fingerprint density at radius 1 is 1.62 bits per heavy atom. The van der Waals surface area contributed by atoms with Gasteiger partial charge >= 0.3 is 0 Å². The van der Waals surface area contributed by atoms with Crippen LogP contribution in [0.15, 0.2) is 4.99 Å². The Morgan fingerprint density at radius 3 is 2.94 bits per heavy atom. The molecule has 1 saturated heterocycles. The highest BCUT2D eigenvalue weighted by Crippen LogP contribution is 2.34. The molecule has 0 aromatic heterocycles. The zero-order chi connectivity index (χ0) is 11.8. The van der Waals surface area contributed by atoms with Crippen LogP contribution in [0.1, 0.15) is 13.3 Å². The largest absolute Gasteiger partial charge is 0.383 e. The summed E-state index contributed by atoms with van der Waals surface area (Å²) in [6, 6.07) is 0.603. The van der Waals surface area contributed by atoms with Gasteiger partial charge in [0.2, 0.25) is 0 Å². The quantitative estimate of drug-likeness (QED) is 0.719. The molecule has 5 nitrogen and oxygen atoms in total. The van der Waals surface area contributed by atoms with E-state index < -0.39 is 0 Å². The minimum atomic E-state index is 0.122. The van der Waals surface area contributed by atoms with E-state index in [2.05, 4.69) is 28.8 Å². The number of nitrogens with zero attached hydrogens (tertiary/aromatic N) is 3. The Labute approximate surface area is 97.2 Å². The van der Waals surface area contributed by atoms with E-state index in [1.807, 2.05) is 0 Å². The lowest BCUT2D eigenvalue weighted by Gasteiger charge is -2.35. The van der Waals surface area contributed by atoms with Crippen LogP contribution in [0, 0.1) is 0 Å². The fourth-order valence-electron chi connectivity index (χ4n) is 2.88. The van der Waals surface area contributed by atoms with Crippen LogP contribution >= 0.6 is 0 Å². The van der Waals surface area contributed by atoms with E-state index in [1.165, 1.54) is 0 Å². The number of ether oxygens (including phenoxy) is 1. The van der Waals surface area contributed by atoms with Crippen molar-refractivity contribution >= 4 is 5.96 Å². The molecule has 2 rings (SSSR count). The molecule has 92 valence electrons. The molecule has 0 radical (unpaired) electrons. The molecule has 0 aliphatic carbocycles. The van der Waals surface area contributed by atoms with Gasteiger partial charge in [-0.05, 0) is 20.4 Å². The third kappa shape index (κ3) is 1.78. The molecule has 5 heteroatoms. The number of nitrogens with two attached hydrogens (primary N) is 1. The van der Waals surface area contributed by atoms with E-state index in [9.17, 15) is 0 Å². The predicted octanol–water partition coefficient (Wildman–Crippen LogP) is -0.274. The monoisotopic (exact) mass is 226 g/mol. The summed E-state index contributed by atoms with van der Waals surface area (Å²) in [5.41, 5.74) is 6.09. The number of hydrogen-bond donors (Lipinski definition) is 1. The molecule has 2 heterocycles. The van der Waals surface area contributed by atoms with Crippen molar-refractivity contribution in [2.75, 3.05) is 40.4 Å². The van der Waals surface area contributed by atoms with Gasteiger partial charge in [0.15, 0.2) is 5.96 Å². The molecule has 2 aliphatic heterocycles. The molecule has 0 aromatic carbocycles. The van der Waals surface area contributed by atoms with Crippen LogP contribution in [0.4, 0.5) is 0 Å². The molecule has 16 heavy (non-hydrogen) atoms. The summed E-state index contributed by atoms with van der Waals surface area (Å²) in [5, 5.41) is 0. The highest BCUT2D eigenvalue weighted by atomic mass is 16.5. The zero-order valence-corrected chi connectivity index (χ0v) is 10.4. The van der Waals surface area contributed by atoms with Gasteiger partial charge in [0.1, 0.15) is 0 Å². The number of likely N-dealkylation sites (N-methyl/N-ethyl adjacent to an activating group) is 1. The molecule has 2 unspecified atom stereocenters. The maximum Gasteiger partial charge on any atom is 0.191 e. The average Bonchev–Trinajstić information content (AvgIpc) is 2.68. The number of aliphatic imine (C=N–C) groups is 1. The van der Waals surface area contributed by atoms with E-state index in [0.717, 1.165) is 26.1 Å². The Kier molecular flexibility index (Phi) is 3.08. The summed E-state index contributed by atoms with van der Waals surface area (Å²) in [7, 11) is 3.89. The SMILES string of the molecule is COCCN1C(N)=NCC12CC(C)N(C)C2. The first-order valence-electron chi connectivity index (χ1n) is 5.86. The van der Waals surface area contributed by atoms with Crippen LogP contribution in [-0.4, -0.2) is 67.7 Å². The van der Waals surface area contributed by atoms with Gasteiger partial charge in [-0.3, -0.25) is 4.99 Å². The summed E-state index contributed by atoms with van der Waals surface area (Å²) in [5.74, 6) is 0.680. The minimum absolute atomic E-state index is 0.122. The first-order chi connectivity index (χ1) is 7.59. The molecule has 0 saturated carbocycles. The zero-order valence-electron chi connectivity index (χ0n) is 10.4. The average molecular weight is 226 g/mol. The van der Waals surface area contributed by atoms with Crippen molar-refractivity contribution < 1.29 is 4.74 Å². The molecule has 2 aliphatic rings. The van der Waals surface area contributed by atoms with E-state index in [4.69, 9.17) is 10.5 Å². The van der Waals surface area contributed by atoms with Crippen LogP contribution in [0.25, 0.3) is 0 Å². The highest BCUT2D eigenvalue weighted by molar-refractivity contribution is 5.81. The van der Waals surface area contributed by atoms with Gasteiger partial charge in [0, 0.05) is 26.2 Å². The lowest BCUT2D eigenvalue weighted by Crippen LogP contribution is -2.54. The van der Waals surface area contributed by atoms with Crippen molar-refractivity contribution in [3.8, 4) is 0 Å². The summed E-state index contributed by atoms with van der Waals surface area (Å²) in [4.78, 5) is 9.03. The van der Waals surface area contributed by atoms with Crippen molar-refractivity contribution in [3.63, 3.8) is 0 Å². The molecule has 2 atom stereocenters.